The third-order valence-electron chi connectivity index (χ3n) is 3.71. The molecule has 0 spiro atoms. The number of rotatable bonds is 7. The molecule has 116 valence electrons. The van der Waals surface area contributed by atoms with Gasteiger partial charge in [-0.3, -0.25) is 4.90 Å². The largest absolute Gasteiger partial charge is 0.493 e. The molecule has 0 aromatic heterocycles. The second kappa shape index (κ2) is 8.32. The quantitative estimate of drug-likeness (QED) is 0.618. The number of hydrogen-bond acceptors (Lipinski definition) is 4. The van der Waals surface area contributed by atoms with Crippen LogP contribution in [0.1, 0.15) is 25.3 Å². The number of hydrogen-bond donors (Lipinski definition) is 1. The lowest BCUT2D eigenvalue weighted by Gasteiger charge is -2.32. The predicted molar refractivity (Wildman–Crippen MR) is 88.9 cm³/mol. The molecule has 1 saturated heterocycles. The minimum atomic E-state index is 0.379. The molecule has 0 aliphatic carbocycles. The van der Waals surface area contributed by atoms with E-state index in [1.807, 2.05) is 24.3 Å². The molecule has 5 heteroatoms. The molecule has 1 aromatic carbocycles. The maximum absolute atomic E-state index is 5.82. The van der Waals surface area contributed by atoms with Crippen molar-refractivity contribution >= 4 is 17.2 Å². The van der Waals surface area contributed by atoms with Gasteiger partial charge in [-0.25, -0.2) is 0 Å². The van der Waals surface area contributed by atoms with E-state index in [-0.39, 0.29) is 0 Å². The van der Waals surface area contributed by atoms with E-state index in [0.29, 0.717) is 17.7 Å². The smallest absolute Gasteiger partial charge is 0.129 e. The zero-order valence-corrected chi connectivity index (χ0v) is 13.4. The summed E-state index contributed by atoms with van der Waals surface area (Å²) in [5.41, 5.74) is 6.51. The van der Waals surface area contributed by atoms with Gasteiger partial charge >= 0.3 is 0 Å². The number of nitrogens with zero attached hydrogens (tertiary/aromatic N) is 1. The molecule has 4 nitrogen and oxygen atoms in total. The zero-order chi connectivity index (χ0) is 15.1. The van der Waals surface area contributed by atoms with E-state index >= 15 is 0 Å². The summed E-state index contributed by atoms with van der Waals surface area (Å²) in [6.07, 6.45) is 2.45. The van der Waals surface area contributed by atoms with E-state index in [1.54, 1.807) is 0 Å². The first-order chi connectivity index (χ1) is 10.2. The molecule has 2 N–H and O–H groups in total. The van der Waals surface area contributed by atoms with Gasteiger partial charge in [0.2, 0.25) is 0 Å². The molecule has 1 heterocycles. The average Bonchev–Trinajstić information content (AvgIpc) is 2.52. The molecule has 0 saturated carbocycles. The summed E-state index contributed by atoms with van der Waals surface area (Å²) in [4.78, 5) is 2.82. The second-order valence-corrected chi connectivity index (χ2v) is 5.70. The first-order valence-corrected chi connectivity index (χ1v) is 7.97. The van der Waals surface area contributed by atoms with E-state index in [4.69, 9.17) is 27.4 Å². The lowest BCUT2D eigenvalue weighted by atomic mass is 10.2. The number of morpholine rings is 1. The molecular weight excluding hydrogens is 284 g/mol. The molecule has 1 aromatic rings. The molecule has 1 unspecified atom stereocenters. The summed E-state index contributed by atoms with van der Waals surface area (Å²) in [6, 6.07) is 7.66. The third-order valence-corrected chi connectivity index (χ3v) is 3.93. The van der Waals surface area contributed by atoms with Gasteiger partial charge in [0, 0.05) is 19.6 Å². The topological polar surface area (TPSA) is 47.7 Å². The fourth-order valence-corrected chi connectivity index (χ4v) is 2.67. The number of benzene rings is 1. The maximum atomic E-state index is 5.82. The van der Waals surface area contributed by atoms with Gasteiger partial charge in [0.1, 0.15) is 10.7 Å². The number of nitrogens with two attached hydrogens (primary N) is 1. The van der Waals surface area contributed by atoms with E-state index in [2.05, 4.69) is 11.8 Å². The SMILES string of the molecule is CCC1CN(CCCOc2ccccc2C(N)=S)CCO1. The van der Waals surface area contributed by atoms with Crippen molar-refractivity contribution in [1.82, 2.24) is 4.90 Å². The standard InChI is InChI=1S/C16H24N2O2S/c1-2-13-12-18(9-11-19-13)8-5-10-20-15-7-4-3-6-14(15)16(17)21/h3-4,6-7,13H,2,5,8-12H2,1H3,(H2,17,21). The van der Waals surface area contributed by atoms with Crippen LogP contribution in [0.4, 0.5) is 0 Å². The van der Waals surface area contributed by atoms with Gasteiger partial charge in [0.15, 0.2) is 0 Å². The molecule has 0 amide bonds. The lowest BCUT2D eigenvalue weighted by molar-refractivity contribution is -0.0306. The van der Waals surface area contributed by atoms with Crippen LogP contribution in [0, 0.1) is 0 Å². The van der Waals surface area contributed by atoms with Gasteiger partial charge in [-0.05, 0) is 25.0 Å². The summed E-state index contributed by atoms with van der Waals surface area (Å²) in [6.45, 7) is 6.76. The van der Waals surface area contributed by atoms with Gasteiger partial charge in [-0.1, -0.05) is 31.3 Å². The van der Waals surface area contributed by atoms with Crippen LogP contribution in [-0.4, -0.2) is 48.8 Å². The highest BCUT2D eigenvalue weighted by molar-refractivity contribution is 7.80. The minimum Gasteiger partial charge on any atom is -0.493 e. The van der Waals surface area contributed by atoms with Crippen molar-refractivity contribution in [1.29, 1.82) is 0 Å². The number of thiocarbonyl (C=S) groups is 1. The van der Waals surface area contributed by atoms with Crippen LogP contribution in [0.2, 0.25) is 0 Å². The van der Waals surface area contributed by atoms with Crippen LogP contribution in [0.15, 0.2) is 24.3 Å². The van der Waals surface area contributed by atoms with E-state index in [9.17, 15) is 0 Å². The Balaban J connectivity index is 1.74. The van der Waals surface area contributed by atoms with Gasteiger partial charge in [-0.2, -0.15) is 0 Å². The van der Waals surface area contributed by atoms with Crippen LogP contribution < -0.4 is 10.5 Å². The second-order valence-electron chi connectivity index (χ2n) is 5.26. The molecule has 1 fully saturated rings. The lowest BCUT2D eigenvalue weighted by Crippen LogP contribution is -2.42. The van der Waals surface area contributed by atoms with E-state index in [1.165, 1.54) is 0 Å². The zero-order valence-electron chi connectivity index (χ0n) is 12.6. The molecule has 0 radical (unpaired) electrons. The van der Waals surface area contributed by atoms with Crippen LogP contribution in [0.5, 0.6) is 5.75 Å². The van der Waals surface area contributed by atoms with Gasteiger partial charge in [-0.15, -0.1) is 0 Å². The Morgan fingerprint density at radius 1 is 1.48 bits per heavy atom. The normalized spacial score (nSPS) is 19.4. The van der Waals surface area contributed by atoms with Gasteiger partial charge in [0.25, 0.3) is 0 Å². The Morgan fingerprint density at radius 2 is 2.29 bits per heavy atom. The first kappa shape index (κ1) is 16.2. The highest BCUT2D eigenvalue weighted by atomic mass is 32.1. The Bertz CT molecular complexity index is 467. The molecule has 1 aliphatic heterocycles. The highest BCUT2D eigenvalue weighted by Gasteiger charge is 2.18. The van der Waals surface area contributed by atoms with E-state index < -0.39 is 0 Å². The fourth-order valence-electron chi connectivity index (χ4n) is 2.50. The average molecular weight is 308 g/mol. The van der Waals surface area contributed by atoms with Crippen molar-refractivity contribution in [3.8, 4) is 5.75 Å². The van der Waals surface area contributed by atoms with Crippen LogP contribution >= 0.6 is 12.2 Å². The van der Waals surface area contributed by atoms with Crippen molar-refractivity contribution in [2.24, 2.45) is 5.73 Å². The monoisotopic (exact) mass is 308 g/mol. The first-order valence-electron chi connectivity index (χ1n) is 7.56. The molecule has 0 bridgehead atoms. The van der Waals surface area contributed by atoms with Crippen molar-refractivity contribution in [3.63, 3.8) is 0 Å². The van der Waals surface area contributed by atoms with Crippen LogP contribution in [0.25, 0.3) is 0 Å². The van der Waals surface area contributed by atoms with Gasteiger partial charge < -0.3 is 15.2 Å². The van der Waals surface area contributed by atoms with Gasteiger partial charge in [0.05, 0.1) is 24.9 Å². The summed E-state index contributed by atoms with van der Waals surface area (Å²) >= 11 is 5.03. The molecular formula is C16H24N2O2S. The van der Waals surface area contributed by atoms with Crippen LogP contribution in [-0.2, 0) is 4.74 Å². The molecule has 1 aliphatic rings. The highest BCUT2D eigenvalue weighted by Crippen LogP contribution is 2.18. The van der Waals surface area contributed by atoms with Crippen molar-refractivity contribution in [3.05, 3.63) is 29.8 Å². The molecule has 21 heavy (non-hydrogen) atoms. The Hall–Kier alpha value is -1.17. The summed E-state index contributed by atoms with van der Waals surface area (Å²) in [5, 5.41) is 0. The summed E-state index contributed by atoms with van der Waals surface area (Å²) in [5.74, 6) is 0.776. The molecule has 2 rings (SSSR count). The van der Waals surface area contributed by atoms with Crippen molar-refractivity contribution in [2.75, 3.05) is 32.8 Å². The predicted octanol–water partition coefficient (Wildman–Crippen LogP) is 2.20. The number of para-hydroxylation sites is 1. The summed E-state index contributed by atoms with van der Waals surface area (Å²) in [7, 11) is 0. The Morgan fingerprint density at radius 3 is 3.05 bits per heavy atom. The van der Waals surface area contributed by atoms with Crippen molar-refractivity contribution < 1.29 is 9.47 Å². The van der Waals surface area contributed by atoms with Crippen LogP contribution in [0.3, 0.4) is 0 Å². The van der Waals surface area contributed by atoms with Crippen molar-refractivity contribution in [2.45, 2.75) is 25.9 Å². The fraction of sp³-hybridized carbons (Fsp3) is 0.562. The maximum Gasteiger partial charge on any atom is 0.129 e. The summed E-state index contributed by atoms with van der Waals surface area (Å²) < 4.78 is 11.5. The minimum absolute atomic E-state index is 0.379. The van der Waals surface area contributed by atoms with E-state index in [0.717, 1.165) is 50.4 Å². The number of ether oxygens (including phenoxy) is 2. The molecule has 1 atom stereocenters. The third kappa shape index (κ3) is 4.95. The Labute approximate surface area is 132 Å². The Kier molecular flexibility index (Phi) is 6.42.